The minimum atomic E-state index is 0.410. The average molecular weight is 428 g/mol. The first-order valence-electron chi connectivity index (χ1n) is 12.3. The van der Waals surface area contributed by atoms with Gasteiger partial charge in [-0.15, -0.1) is 0 Å². The normalized spacial score (nSPS) is 26.6. The zero-order valence-corrected chi connectivity index (χ0v) is 19.6. The number of nitrogens with one attached hydrogen (secondary N) is 2. The van der Waals surface area contributed by atoms with Gasteiger partial charge in [-0.05, 0) is 82.7 Å². The first-order valence-corrected chi connectivity index (χ1v) is 12.3. The number of benzene rings is 1. The van der Waals surface area contributed by atoms with Gasteiger partial charge in [0.2, 0.25) is 0 Å². The van der Waals surface area contributed by atoms with E-state index in [0.717, 1.165) is 37.4 Å². The second kappa shape index (κ2) is 10.7. The second-order valence-corrected chi connectivity index (χ2v) is 9.51. The number of guanidine groups is 1. The predicted octanol–water partition coefficient (Wildman–Crippen LogP) is 3.26. The first kappa shape index (κ1) is 22.4. The summed E-state index contributed by atoms with van der Waals surface area (Å²) in [6.45, 7) is 7.52. The number of rotatable bonds is 7. The van der Waals surface area contributed by atoms with Crippen LogP contribution in [0.25, 0.3) is 0 Å². The number of likely N-dealkylation sites (tertiary alicyclic amines) is 2. The number of methoxy groups -OCH3 is 1. The quantitative estimate of drug-likeness (QED) is 0.517. The predicted molar refractivity (Wildman–Crippen MR) is 128 cm³/mol. The fourth-order valence-corrected chi connectivity index (χ4v) is 5.35. The van der Waals surface area contributed by atoms with Gasteiger partial charge >= 0.3 is 0 Å². The molecule has 2 N–H and O–H groups in total. The molecule has 3 aliphatic rings. The van der Waals surface area contributed by atoms with Gasteiger partial charge in [-0.2, -0.15) is 0 Å². The number of aliphatic imine (C=N–C) groups is 1. The summed E-state index contributed by atoms with van der Waals surface area (Å²) >= 11 is 0. The number of nitrogens with zero attached hydrogens (tertiary/aromatic N) is 3. The smallest absolute Gasteiger partial charge is 0.191 e. The Labute approximate surface area is 188 Å². The summed E-state index contributed by atoms with van der Waals surface area (Å²) in [4.78, 5) is 10.3. The zero-order chi connectivity index (χ0) is 21.6. The average Bonchev–Trinajstić information content (AvgIpc) is 3.64. The number of hydrogen-bond donors (Lipinski definition) is 2. The second-order valence-electron chi connectivity index (χ2n) is 9.51. The highest BCUT2D eigenvalue weighted by molar-refractivity contribution is 5.80. The Bertz CT molecular complexity index is 709. The van der Waals surface area contributed by atoms with Crippen LogP contribution in [0.4, 0.5) is 0 Å². The van der Waals surface area contributed by atoms with Crippen molar-refractivity contribution >= 4 is 5.96 Å². The molecule has 4 rings (SSSR count). The van der Waals surface area contributed by atoms with Crippen molar-refractivity contribution in [3.8, 4) is 5.75 Å². The molecule has 3 fully saturated rings. The third-order valence-corrected chi connectivity index (χ3v) is 7.23. The first-order chi connectivity index (χ1) is 15.2. The Morgan fingerprint density at radius 2 is 1.81 bits per heavy atom. The maximum atomic E-state index is 5.36. The van der Waals surface area contributed by atoms with Crippen molar-refractivity contribution in [2.45, 2.75) is 63.6 Å². The molecule has 1 aromatic rings. The van der Waals surface area contributed by atoms with Crippen LogP contribution in [-0.2, 0) is 0 Å². The summed E-state index contributed by atoms with van der Waals surface area (Å²) in [5, 5.41) is 7.23. The van der Waals surface area contributed by atoms with E-state index in [1.165, 1.54) is 57.2 Å². The molecular weight excluding hydrogens is 386 g/mol. The molecule has 172 valence electrons. The lowest BCUT2D eigenvalue weighted by atomic mass is 9.85. The number of hydrogen-bond acceptors (Lipinski definition) is 4. The Kier molecular flexibility index (Phi) is 7.72. The summed E-state index contributed by atoms with van der Waals surface area (Å²) in [5.41, 5.74) is 1.37. The molecule has 0 radical (unpaired) electrons. The fourth-order valence-electron chi connectivity index (χ4n) is 5.35. The summed E-state index contributed by atoms with van der Waals surface area (Å²) in [7, 11) is 3.98. The van der Waals surface area contributed by atoms with Crippen LogP contribution in [0.2, 0.25) is 0 Å². The molecule has 31 heavy (non-hydrogen) atoms. The van der Waals surface area contributed by atoms with Gasteiger partial charge in [0.25, 0.3) is 0 Å². The Hall–Kier alpha value is -1.79. The molecule has 0 spiro atoms. The summed E-state index contributed by atoms with van der Waals surface area (Å²) in [6, 6.07) is 10.4. The minimum Gasteiger partial charge on any atom is -0.497 e. The van der Waals surface area contributed by atoms with Gasteiger partial charge in [-0.25, -0.2) is 0 Å². The minimum absolute atomic E-state index is 0.410. The molecule has 2 aliphatic heterocycles. The molecule has 6 nitrogen and oxygen atoms in total. The van der Waals surface area contributed by atoms with E-state index in [1.807, 2.05) is 0 Å². The molecule has 1 aromatic carbocycles. The van der Waals surface area contributed by atoms with Crippen LogP contribution >= 0.6 is 0 Å². The molecule has 1 aliphatic carbocycles. The van der Waals surface area contributed by atoms with Crippen LogP contribution in [0, 0.1) is 5.92 Å². The van der Waals surface area contributed by atoms with E-state index < -0.39 is 0 Å². The third kappa shape index (κ3) is 5.92. The Morgan fingerprint density at radius 1 is 1.06 bits per heavy atom. The van der Waals surface area contributed by atoms with Crippen molar-refractivity contribution in [3.05, 3.63) is 29.8 Å². The van der Waals surface area contributed by atoms with Crippen LogP contribution in [0.3, 0.4) is 0 Å². The maximum Gasteiger partial charge on any atom is 0.191 e. The molecule has 6 heteroatoms. The molecule has 0 aromatic heterocycles. The SMILES string of the molecule is CCNC(=NCC1CCCN(C)C1c1ccc(OC)cc1)NC1CCN(C2CC2)CC1. The van der Waals surface area contributed by atoms with E-state index in [4.69, 9.17) is 9.73 Å². The van der Waals surface area contributed by atoms with Gasteiger partial charge in [-0.3, -0.25) is 9.89 Å². The molecule has 2 unspecified atom stereocenters. The van der Waals surface area contributed by atoms with Crippen molar-refractivity contribution in [2.24, 2.45) is 10.9 Å². The van der Waals surface area contributed by atoms with E-state index >= 15 is 0 Å². The monoisotopic (exact) mass is 427 g/mol. The molecule has 2 atom stereocenters. The Morgan fingerprint density at radius 3 is 2.45 bits per heavy atom. The highest BCUT2D eigenvalue weighted by Gasteiger charge is 2.32. The van der Waals surface area contributed by atoms with Crippen LogP contribution in [0.5, 0.6) is 5.75 Å². The van der Waals surface area contributed by atoms with Gasteiger partial charge in [0.05, 0.1) is 7.11 Å². The van der Waals surface area contributed by atoms with E-state index in [0.29, 0.717) is 18.0 Å². The van der Waals surface area contributed by atoms with Gasteiger partial charge in [0.15, 0.2) is 5.96 Å². The van der Waals surface area contributed by atoms with Crippen molar-refractivity contribution in [1.82, 2.24) is 20.4 Å². The van der Waals surface area contributed by atoms with Crippen LogP contribution in [0.15, 0.2) is 29.3 Å². The van der Waals surface area contributed by atoms with Crippen molar-refractivity contribution in [2.75, 3.05) is 46.9 Å². The van der Waals surface area contributed by atoms with Gasteiger partial charge < -0.3 is 20.3 Å². The Balaban J connectivity index is 1.38. The standard InChI is InChI=1S/C25H41N5O/c1-4-26-25(28-21-13-16-30(17-14-21)22-9-10-22)27-18-20-6-5-15-29(2)24(20)19-7-11-23(31-3)12-8-19/h7-8,11-12,20-22,24H,4-6,9-10,13-18H2,1-3H3,(H2,26,27,28). The van der Waals surface area contributed by atoms with Gasteiger partial charge in [0, 0.05) is 44.3 Å². The van der Waals surface area contributed by atoms with Crippen LogP contribution < -0.4 is 15.4 Å². The number of piperidine rings is 2. The zero-order valence-electron chi connectivity index (χ0n) is 19.6. The van der Waals surface area contributed by atoms with E-state index in [2.05, 4.69) is 58.7 Å². The summed E-state index contributed by atoms with van der Waals surface area (Å²) in [6.07, 6.45) is 7.74. The van der Waals surface area contributed by atoms with Crippen LogP contribution in [-0.4, -0.2) is 74.7 Å². The molecular formula is C25H41N5O. The number of ether oxygens (including phenoxy) is 1. The van der Waals surface area contributed by atoms with Crippen molar-refractivity contribution in [3.63, 3.8) is 0 Å². The van der Waals surface area contributed by atoms with E-state index in [1.54, 1.807) is 7.11 Å². The summed E-state index contributed by atoms with van der Waals surface area (Å²) in [5.74, 6) is 2.44. The largest absolute Gasteiger partial charge is 0.497 e. The molecule has 0 amide bonds. The molecule has 2 heterocycles. The lowest BCUT2D eigenvalue weighted by Gasteiger charge is -2.39. The van der Waals surface area contributed by atoms with E-state index in [9.17, 15) is 0 Å². The lowest BCUT2D eigenvalue weighted by Crippen LogP contribution is -2.49. The fraction of sp³-hybridized carbons (Fsp3) is 0.720. The van der Waals surface area contributed by atoms with Crippen molar-refractivity contribution in [1.29, 1.82) is 0 Å². The highest BCUT2D eigenvalue weighted by Crippen LogP contribution is 2.36. The molecule has 1 saturated carbocycles. The molecule has 0 bridgehead atoms. The molecule has 2 saturated heterocycles. The maximum absolute atomic E-state index is 5.36. The lowest BCUT2D eigenvalue weighted by molar-refractivity contribution is 0.125. The third-order valence-electron chi connectivity index (χ3n) is 7.23. The van der Waals surface area contributed by atoms with Crippen LogP contribution in [0.1, 0.15) is 57.1 Å². The van der Waals surface area contributed by atoms with Gasteiger partial charge in [-0.1, -0.05) is 12.1 Å². The van der Waals surface area contributed by atoms with E-state index in [-0.39, 0.29) is 0 Å². The highest BCUT2D eigenvalue weighted by atomic mass is 16.5. The van der Waals surface area contributed by atoms with Crippen molar-refractivity contribution < 1.29 is 4.74 Å². The van der Waals surface area contributed by atoms with Gasteiger partial charge in [0.1, 0.15) is 5.75 Å². The summed E-state index contributed by atoms with van der Waals surface area (Å²) < 4.78 is 5.36. The topological polar surface area (TPSA) is 52.1 Å².